The summed E-state index contributed by atoms with van der Waals surface area (Å²) in [5.74, 6) is -1.02. The van der Waals surface area contributed by atoms with Crippen LogP contribution in [-0.4, -0.2) is 16.7 Å². The van der Waals surface area contributed by atoms with Crippen molar-refractivity contribution in [2.45, 2.75) is 0 Å². The molecule has 7 heteroatoms. The molecule has 2 amide bonds. The van der Waals surface area contributed by atoms with E-state index in [2.05, 4.69) is 5.32 Å². The van der Waals surface area contributed by atoms with Crippen molar-refractivity contribution in [3.8, 4) is 0 Å². The molecule has 1 aliphatic rings. The van der Waals surface area contributed by atoms with E-state index in [0.29, 0.717) is 16.7 Å². The summed E-state index contributed by atoms with van der Waals surface area (Å²) in [6.07, 6.45) is 1.49. The van der Waals surface area contributed by atoms with Crippen LogP contribution in [-0.2, 0) is 4.79 Å². The molecular weight excluding hydrogens is 320 g/mol. The van der Waals surface area contributed by atoms with Crippen LogP contribution in [0.2, 0.25) is 5.02 Å². The molecule has 1 aliphatic heterocycles. The number of benzene rings is 2. The highest BCUT2D eigenvalue weighted by Crippen LogP contribution is 2.29. The van der Waals surface area contributed by atoms with E-state index in [1.165, 1.54) is 18.2 Å². The summed E-state index contributed by atoms with van der Waals surface area (Å²) in [6.45, 7) is 0. The molecule has 0 spiro atoms. The van der Waals surface area contributed by atoms with Gasteiger partial charge in [0.05, 0.1) is 4.92 Å². The van der Waals surface area contributed by atoms with E-state index in [9.17, 15) is 19.7 Å². The van der Waals surface area contributed by atoms with Gasteiger partial charge in [0.1, 0.15) is 5.02 Å². The minimum atomic E-state index is -0.594. The number of hydrogen-bond donors (Lipinski definition) is 1. The number of hydrogen-bond acceptors (Lipinski definition) is 4. The van der Waals surface area contributed by atoms with Gasteiger partial charge in [0.15, 0.2) is 0 Å². The number of nitro groups is 1. The highest BCUT2D eigenvalue weighted by atomic mass is 35.5. The standard InChI is InChI=1S/C16H9ClN2O4/c17-13-6-5-9(8-14(13)19(22)23)7-12-10-3-1-2-4-11(10)15(20)18-16(12)21/h1-8H,(H,18,20,21)/b12-7+. The molecule has 114 valence electrons. The quantitative estimate of drug-likeness (QED) is 0.397. The Morgan fingerprint density at radius 3 is 2.43 bits per heavy atom. The van der Waals surface area contributed by atoms with E-state index in [0.717, 1.165) is 0 Å². The number of carbonyl (C=O) groups is 2. The van der Waals surface area contributed by atoms with Gasteiger partial charge in [-0.25, -0.2) is 0 Å². The van der Waals surface area contributed by atoms with Crippen molar-refractivity contribution >= 4 is 40.8 Å². The summed E-state index contributed by atoms with van der Waals surface area (Å²) in [7, 11) is 0. The van der Waals surface area contributed by atoms with Gasteiger partial charge in [-0.1, -0.05) is 35.9 Å². The Bertz CT molecular complexity index is 889. The molecule has 2 aromatic rings. The van der Waals surface area contributed by atoms with Crippen LogP contribution in [0.25, 0.3) is 11.6 Å². The number of halogens is 1. The van der Waals surface area contributed by atoms with Crippen molar-refractivity contribution in [2.24, 2.45) is 0 Å². The third-order valence-corrected chi connectivity index (χ3v) is 3.73. The SMILES string of the molecule is O=C1NC(=O)c2ccccc2/C1=C\c1ccc(Cl)c([N+](=O)[O-])c1. The van der Waals surface area contributed by atoms with E-state index < -0.39 is 16.7 Å². The molecule has 3 rings (SSSR count). The predicted octanol–water partition coefficient (Wildman–Crippen LogP) is 3.06. The van der Waals surface area contributed by atoms with Crippen molar-refractivity contribution in [3.63, 3.8) is 0 Å². The Hall–Kier alpha value is -2.99. The summed E-state index contributed by atoms with van der Waals surface area (Å²) < 4.78 is 0. The van der Waals surface area contributed by atoms with Crippen molar-refractivity contribution < 1.29 is 14.5 Å². The molecule has 0 unspecified atom stereocenters. The van der Waals surface area contributed by atoms with Gasteiger partial charge in [0.25, 0.3) is 17.5 Å². The maximum Gasteiger partial charge on any atom is 0.288 e. The van der Waals surface area contributed by atoms with E-state index >= 15 is 0 Å². The molecule has 0 aromatic heterocycles. The van der Waals surface area contributed by atoms with Gasteiger partial charge in [0.2, 0.25) is 0 Å². The van der Waals surface area contributed by atoms with Crippen molar-refractivity contribution in [2.75, 3.05) is 0 Å². The number of fused-ring (bicyclic) bond motifs is 1. The largest absolute Gasteiger partial charge is 0.288 e. The average Bonchev–Trinajstić information content (AvgIpc) is 2.52. The summed E-state index contributed by atoms with van der Waals surface area (Å²) in [6, 6.07) is 10.9. The van der Waals surface area contributed by atoms with Gasteiger partial charge in [-0.2, -0.15) is 0 Å². The highest BCUT2D eigenvalue weighted by Gasteiger charge is 2.26. The number of nitrogens with one attached hydrogen (secondary N) is 1. The molecule has 6 nitrogen and oxygen atoms in total. The number of amides is 2. The van der Waals surface area contributed by atoms with Crippen LogP contribution in [0.4, 0.5) is 5.69 Å². The summed E-state index contributed by atoms with van der Waals surface area (Å²) in [5, 5.41) is 13.2. The summed E-state index contributed by atoms with van der Waals surface area (Å²) in [4.78, 5) is 34.3. The van der Waals surface area contributed by atoms with Crippen molar-refractivity contribution in [3.05, 3.63) is 74.3 Å². The molecule has 1 N–H and O–H groups in total. The van der Waals surface area contributed by atoms with E-state index in [-0.39, 0.29) is 16.3 Å². The van der Waals surface area contributed by atoms with E-state index in [1.54, 1.807) is 30.3 Å². The lowest BCUT2D eigenvalue weighted by molar-refractivity contribution is -0.384. The van der Waals surface area contributed by atoms with Gasteiger partial charge in [0, 0.05) is 17.2 Å². The topological polar surface area (TPSA) is 89.3 Å². The average molecular weight is 329 g/mol. The summed E-state index contributed by atoms with van der Waals surface area (Å²) >= 11 is 5.78. The van der Waals surface area contributed by atoms with Gasteiger partial charge in [-0.15, -0.1) is 0 Å². The fraction of sp³-hybridized carbons (Fsp3) is 0. The zero-order valence-corrected chi connectivity index (χ0v) is 12.3. The highest BCUT2D eigenvalue weighted by molar-refractivity contribution is 6.34. The molecule has 2 aromatic carbocycles. The normalized spacial score (nSPS) is 15.3. The minimum absolute atomic E-state index is 0.0147. The van der Waals surface area contributed by atoms with Gasteiger partial charge in [-0.05, 0) is 29.3 Å². The van der Waals surface area contributed by atoms with Crippen LogP contribution in [0.1, 0.15) is 21.5 Å². The zero-order valence-electron chi connectivity index (χ0n) is 11.6. The van der Waals surface area contributed by atoms with Crippen LogP contribution in [0.15, 0.2) is 42.5 Å². The number of rotatable bonds is 2. The lowest BCUT2D eigenvalue weighted by Gasteiger charge is -2.18. The van der Waals surface area contributed by atoms with Crippen LogP contribution in [0, 0.1) is 10.1 Å². The fourth-order valence-electron chi connectivity index (χ4n) is 2.35. The Labute approximate surface area is 135 Å². The lowest BCUT2D eigenvalue weighted by atomic mass is 9.93. The second-order valence-electron chi connectivity index (χ2n) is 4.85. The van der Waals surface area contributed by atoms with Gasteiger partial charge < -0.3 is 0 Å². The fourth-order valence-corrected chi connectivity index (χ4v) is 2.53. The maximum absolute atomic E-state index is 12.1. The molecule has 1 heterocycles. The third kappa shape index (κ3) is 2.72. The van der Waals surface area contributed by atoms with Crippen LogP contribution < -0.4 is 5.32 Å². The van der Waals surface area contributed by atoms with E-state index in [1.807, 2.05) is 0 Å². The molecule has 23 heavy (non-hydrogen) atoms. The maximum atomic E-state index is 12.1. The monoisotopic (exact) mass is 328 g/mol. The van der Waals surface area contributed by atoms with E-state index in [4.69, 9.17) is 11.6 Å². The first-order valence-corrected chi connectivity index (χ1v) is 6.96. The molecule has 0 radical (unpaired) electrons. The molecule has 0 bridgehead atoms. The Kier molecular flexibility index (Phi) is 3.67. The smallest absolute Gasteiger partial charge is 0.288 e. The molecule has 0 aliphatic carbocycles. The first-order valence-electron chi connectivity index (χ1n) is 6.58. The number of carbonyl (C=O) groups excluding carboxylic acids is 2. The first kappa shape index (κ1) is 14.9. The molecule has 0 saturated heterocycles. The Morgan fingerprint density at radius 2 is 1.74 bits per heavy atom. The van der Waals surface area contributed by atoms with Crippen LogP contribution >= 0.6 is 11.6 Å². The molecule has 0 saturated carbocycles. The second-order valence-corrected chi connectivity index (χ2v) is 5.26. The Balaban J connectivity index is 2.14. The summed E-state index contributed by atoms with van der Waals surface area (Å²) in [5.41, 5.74) is 1.31. The van der Waals surface area contributed by atoms with Gasteiger partial charge >= 0.3 is 0 Å². The van der Waals surface area contributed by atoms with Gasteiger partial charge in [-0.3, -0.25) is 25.0 Å². The third-order valence-electron chi connectivity index (χ3n) is 3.41. The first-order chi connectivity index (χ1) is 11.0. The minimum Gasteiger partial charge on any atom is -0.288 e. The lowest BCUT2D eigenvalue weighted by Crippen LogP contribution is -2.36. The van der Waals surface area contributed by atoms with Crippen molar-refractivity contribution in [1.82, 2.24) is 5.32 Å². The Morgan fingerprint density at radius 1 is 1.04 bits per heavy atom. The molecular formula is C16H9ClN2O4. The number of imide groups is 1. The second kappa shape index (κ2) is 5.66. The molecule has 0 fully saturated rings. The van der Waals surface area contributed by atoms with Crippen molar-refractivity contribution in [1.29, 1.82) is 0 Å². The van der Waals surface area contributed by atoms with Crippen LogP contribution in [0.5, 0.6) is 0 Å². The van der Waals surface area contributed by atoms with Crippen LogP contribution in [0.3, 0.4) is 0 Å². The molecule has 0 atom stereocenters. The predicted molar refractivity (Wildman–Crippen MR) is 84.9 cm³/mol. The zero-order chi connectivity index (χ0) is 16.6. The number of nitrogens with zero attached hydrogens (tertiary/aromatic N) is 1. The number of nitro benzene ring substituents is 1.